The first-order chi connectivity index (χ1) is 12.5. The number of aromatic nitrogens is 4. The number of unbranched alkanes of at least 4 members (excludes halogenated alkanes) is 1. The van der Waals surface area contributed by atoms with Crippen LogP contribution in [0.2, 0.25) is 10.6 Å². The minimum atomic E-state index is 0.114. The van der Waals surface area contributed by atoms with E-state index >= 15 is 0 Å². The number of aryl methyl sites for hydroxylation is 1. The first-order valence-corrected chi connectivity index (χ1v) is 9.94. The highest BCUT2D eigenvalue weighted by atomic mass is 35.5. The molecular weight excluding hydrogens is 367 g/mol. The van der Waals surface area contributed by atoms with E-state index in [1.165, 1.54) is 36.8 Å². The molecule has 4 nitrogen and oxygen atoms in total. The maximum Gasteiger partial charge on any atom is 0.227 e. The van der Waals surface area contributed by atoms with E-state index < -0.39 is 0 Å². The molecule has 0 fully saturated rings. The standard InChI is InChI=1S/C20H24Cl2N4/c1-4-6-7-14(5-2)11-26-12-16(15-10-13(3)8-9-17(15)26)18-23-19(21)25-20(22)24-18/h8-10,12,14H,4-7,11H2,1-3H3. The second kappa shape index (κ2) is 8.36. The van der Waals surface area contributed by atoms with Crippen molar-refractivity contribution in [3.8, 4) is 11.4 Å². The van der Waals surface area contributed by atoms with Gasteiger partial charge in [-0.15, -0.1) is 0 Å². The van der Waals surface area contributed by atoms with Gasteiger partial charge >= 0.3 is 0 Å². The Bertz CT molecular complexity index is 884. The lowest BCUT2D eigenvalue weighted by molar-refractivity contribution is 0.396. The third-order valence-electron chi connectivity index (χ3n) is 4.86. The molecule has 1 unspecified atom stereocenters. The third kappa shape index (κ3) is 4.18. The second-order valence-electron chi connectivity index (χ2n) is 6.83. The minimum absolute atomic E-state index is 0.114. The molecule has 0 aliphatic heterocycles. The molecule has 0 N–H and O–H groups in total. The summed E-state index contributed by atoms with van der Waals surface area (Å²) in [6.45, 7) is 7.59. The number of rotatable bonds is 7. The van der Waals surface area contributed by atoms with Gasteiger partial charge in [-0.3, -0.25) is 0 Å². The molecule has 0 saturated carbocycles. The number of fused-ring (bicyclic) bond motifs is 1. The molecule has 3 rings (SSSR count). The van der Waals surface area contributed by atoms with Gasteiger partial charge in [0.05, 0.1) is 0 Å². The number of hydrogen-bond donors (Lipinski definition) is 0. The lowest BCUT2D eigenvalue weighted by Crippen LogP contribution is -2.09. The molecule has 0 bridgehead atoms. The average Bonchev–Trinajstić information content (AvgIpc) is 2.95. The third-order valence-corrected chi connectivity index (χ3v) is 5.19. The van der Waals surface area contributed by atoms with Gasteiger partial charge in [0.25, 0.3) is 0 Å². The zero-order chi connectivity index (χ0) is 18.7. The van der Waals surface area contributed by atoms with E-state index in [9.17, 15) is 0 Å². The van der Waals surface area contributed by atoms with Crippen LogP contribution < -0.4 is 0 Å². The largest absolute Gasteiger partial charge is 0.346 e. The van der Waals surface area contributed by atoms with Gasteiger partial charge in [0.1, 0.15) is 0 Å². The van der Waals surface area contributed by atoms with Gasteiger partial charge in [-0.1, -0.05) is 44.7 Å². The van der Waals surface area contributed by atoms with E-state index in [-0.39, 0.29) is 10.6 Å². The van der Waals surface area contributed by atoms with Crippen LogP contribution in [-0.2, 0) is 6.54 Å². The molecule has 6 heteroatoms. The Morgan fingerprint density at radius 3 is 2.46 bits per heavy atom. The Balaban J connectivity index is 2.08. The van der Waals surface area contributed by atoms with Crippen LogP contribution in [0, 0.1) is 12.8 Å². The Kier molecular flexibility index (Phi) is 6.15. The van der Waals surface area contributed by atoms with Crippen molar-refractivity contribution in [2.75, 3.05) is 0 Å². The van der Waals surface area contributed by atoms with Gasteiger partial charge in [-0.2, -0.15) is 15.0 Å². The van der Waals surface area contributed by atoms with Crippen molar-refractivity contribution in [1.29, 1.82) is 0 Å². The van der Waals surface area contributed by atoms with E-state index in [0.29, 0.717) is 11.7 Å². The fraction of sp³-hybridized carbons (Fsp3) is 0.450. The fourth-order valence-corrected chi connectivity index (χ4v) is 3.75. The molecule has 0 aliphatic carbocycles. The topological polar surface area (TPSA) is 43.6 Å². The van der Waals surface area contributed by atoms with Crippen molar-refractivity contribution in [3.05, 3.63) is 40.5 Å². The second-order valence-corrected chi connectivity index (χ2v) is 7.51. The van der Waals surface area contributed by atoms with Gasteiger partial charge in [0, 0.05) is 29.2 Å². The minimum Gasteiger partial charge on any atom is -0.346 e. The number of benzene rings is 1. The van der Waals surface area contributed by atoms with Gasteiger partial charge in [-0.25, -0.2) is 0 Å². The molecule has 138 valence electrons. The fourth-order valence-electron chi connectivity index (χ4n) is 3.38. The molecule has 26 heavy (non-hydrogen) atoms. The highest BCUT2D eigenvalue weighted by Gasteiger charge is 2.16. The number of nitrogens with zero attached hydrogens (tertiary/aromatic N) is 4. The van der Waals surface area contributed by atoms with Crippen molar-refractivity contribution in [2.45, 2.75) is 53.0 Å². The van der Waals surface area contributed by atoms with Gasteiger partial charge in [-0.05, 0) is 54.6 Å². The summed E-state index contributed by atoms with van der Waals surface area (Å²) in [4.78, 5) is 12.4. The molecule has 0 saturated heterocycles. The van der Waals surface area contributed by atoms with Crippen molar-refractivity contribution < 1.29 is 0 Å². The predicted octanol–water partition coefficient (Wildman–Crippen LogP) is 6.32. The van der Waals surface area contributed by atoms with Crippen LogP contribution in [0.15, 0.2) is 24.4 Å². The lowest BCUT2D eigenvalue weighted by atomic mass is 9.99. The Hall–Kier alpha value is -1.65. The lowest BCUT2D eigenvalue weighted by Gasteiger charge is -2.16. The van der Waals surface area contributed by atoms with Crippen molar-refractivity contribution in [3.63, 3.8) is 0 Å². The summed E-state index contributed by atoms with van der Waals surface area (Å²) < 4.78 is 2.32. The smallest absolute Gasteiger partial charge is 0.227 e. The number of halogens is 2. The first kappa shape index (κ1) is 19.1. The summed E-state index contributed by atoms with van der Waals surface area (Å²) in [5, 5.41) is 1.35. The molecular formula is C20H24Cl2N4. The summed E-state index contributed by atoms with van der Waals surface area (Å²) in [6, 6.07) is 6.48. The molecule has 2 heterocycles. The highest BCUT2D eigenvalue weighted by Crippen LogP contribution is 2.31. The molecule has 1 aromatic carbocycles. The van der Waals surface area contributed by atoms with Crippen molar-refractivity contribution >= 4 is 34.1 Å². The van der Waals surface area contributed by atoms with E-state index in [4.69, 9.17) is 23.2 Å². The maximum atomic E-state index is 6.00. The average molecular weight is 391 g/mol. The molecule has 1 atom stereocenters. The van der Waals surface area contributed by atoms with E-state index in [1.54, 1.807) is 0 Å². The SMILES string of the molecule is CCCCC(CC)Cn1cc(-c2nc(Cl)nc(Cl)n2)c2cc(C)ccc21. The number of hydrogen-bond acceptors (Lipinski definition) is 3. The molecule has 0 radical (unpaired) electrons. The summed E-state index contributed by atoms with van der Waals surface area (Å²) in [7, 11) is 0. The van der Waals surface area contributed by atoms with Crippen molar-refractivity contribution in [1.82, 2.24) is 19.5 Å². The Morgan fingerprint density at radius 2 is 1.81 bits per heavy atom. The zero-order valence-corrected chi connectivity index (χ0v) is 17.0. The summed E-state index contributed by atoms with van der Waals surface area (Å²) in [5.74, 6) is 1.18. The van der Waals surface area contributed by atoms with Crippen LogP contribution in [0.3, 0.4) is 0 Å². The molecule has 0 spiro atoms. The summed E-state index contributed by atoms with van der Waals surface area (Å²) in [6.07, 6.45) is 7.04. The Labute approximate surface area is 164 Å². The normalized spacial score (nSPS) is 12.7. The quantitative estimate of drug-likeness (QED) is 0.473. The molecule has 0 amide bonds. The predicted molar refractivity (Wildman–Crippen MR) is 109 cm³/mol. The summed E-state index contributed by atoms with van der Waals surface area (Å²) in [5.41, 5.74) is 3.33. The Morgan fingerprint density at radius 1 is 1.08 bits per heavy atom. The van der Waals surface area contributed by atoms with Crippen LogP contribution in [0.1, 0.15) is 45.1 Å². The van der Waals surface area contributed by atoms with Crippen LogP contribution >= 0.6 is 23.2 Å². The van der Waals surface area contributed by atoms with Crippen LogP contribution in [0.5, 0.6) is 0 Å². The van der Waals surface area contributed by atoms with Gasteiger partial charge in [0.15, 0.2) is 5.82 Å². The zero-order valence-electron chi connectivity index (χ0n) is 15.5. The van der Waals surface area contributed by atoms with Crippen molar-refractivity contribution in [2.24, 2.45) is 5.92 Å². The van der Waals surface area contributed by atoms with Crippen LogP contribution in [0.4, 0.5) is 0 Å². The monoisotopic (exact) mass is 390 g/mol. The molecule has 0 aliphatic rings. The van der Waals surface area contributed by atoms with E-state index in [1.807, 2.05) is 0 Å². The van der Waals surface area contributed by atoms with Crippen LogP contribution in [0.25, 0.3) is 22.3 Å². The van der Waals surface area contributed by atoms with E-state index in [0.717, 1.165) is 17.5 Å². The van der Waals surface area contributed by atoms with Gasteiger partial charge in [0.2, 0.25) is 10.6 Å². The van der Waals surface area contributed by atoms with E-state index in [2.05, 4.69) is 64.7 Å². The maximum absolute atomic E-state index is 6.00. The first-order valence-electron chi connectivity index (χ1n) is 9.18. The van der Waals surface area contributed by atoms with Crippen LogP contribution in [-0.4, -0.2) is 19.5 Å². The molecule has 3 aromatic rings. The highest BCUT2D eigenvalue weighted by molar-refractivity contribution is 6.31. The van der Waals surface area contributed by atoms with Gasteiger partial charge < -0.3 is 4.57 Å². The summed E-state index contributed by atoms with van der Waals surface area (Å²) >= 11 is 12.0. The molecule has 2 aromatic heterocycles.